The van der Waals surface area contributed by atoms with Gasteiger partial charge in [-0.25, -0.2) is 27.2 Å². The number of fused-ring (bicyclic) bond motifs is 1. The minimum atomic E-state index is -3.64. The summed E-state index contributed by atoms with van der Waals surface area (Å²) in [5, 5.41) is 0. The summed E-state index contributed by atoms with van der Waals surface area (Å²) >= 11 is 7.47. The molecule has 0 saturated carbocycles. The number of rotatable bonds is 1. The Morgan fingerprint density at radius 2 is 2.05 bits per heavy atom. The van der Waals surface area contributed by atoms with Crippen LogP contribution in [0.4, 0.5) is 9.59 Å². The fraction of sp³-hybridized carbons (Fsp3) is 0.500. The van der Waals surface area contributed by atoms with Crippen LogP contribution in [0.1, 0.15) is 10.4 Å². The monoisotopic (exact) mass is 363 g/mol. The lowest BCUT2D eigenvalue weighted by Gasteiger charge is -2.29. The summed E-state index contributed by atoms with van der Waals surface area (Å²) in [7, 11) is -3.64. The fourth-order valence-corrected chi connectivity index (χ4v) is 4.72. The Morgan fingerprint density at radius 3 is 2.68 bits per heavy atom. The standard InChI is InChI=1S/C12H14ClN3O4S2/c1-22(19,20)16-5-4-15(12(16)18)11(17)14-3-2-9-8(7-14)6-10(13)21-9/h6H,2-5,7H2,1H3. The van der Waals surface area contributed by atoms with Crippen LogP contribution in [0.15, 0.2) is 6.07 Å². The lowest BCUT2D eigenvalue weighted by atomic mass is 10.1. The maximum Gasteiger partial charge on any atom is 0.341 e. The van der Waals surface area contributed by atoms with Gasteiger partial charge in [0.2, 0.25) is 10.0 Å². The van der Waals surface area contributed by atoms with Crippen molar-refractivity contribution < 1.29 is 18.0 Å². The third-order valence-corrected chi connectivity index (χ3v) is 6.21. The molecular weight excluding hydrogens is 350 g/mol. The van der Waals surface area contributed by atoms with E-state index in [1.165, 1.54) is 11.3 Å². The molecule has 0 unspecified atom stereocenters. The average molecular weight is 364 g/mol. The molecule has 0 spiro atoms. The van der Waals surface area contributed by atoms with E-state index in [0.29, 0.717) is 23.8 Å². The Hall–Kier alpha value is -1.32. The molecule has 3 rings (SSSR count). The van der Waals surface area contributed by atoms with Crippen molar-refractivity contribution in [1.82, 2.24) is 14.1 Å². The number of halogens is 1. The number of imide groups is 1. The molecule has 10 heteroatoms. The highest BCUT2D eigenvalue weighted by Crippen LogP contribution is 2.31. The van der Waals surface area contributed by atoms with Gasteiger partial charge in [-0.1, -0.05) is 11.6 Å². The van der Waals surface area contributed by atoms with Crippen molar-refractivity contribution in [2.24, 2.45) is 0 Å². The van der Waals surface area contributed by atoms with E-state index in [9.17, 15) is 18.0 Å². The van der Waals surface area contributed by atoms with E-state index in [4.69, 9.17) is 11.6 Å². The van der Waals surface area contributed by atoms with Gasteiger partial charge in [-0.15, -0.1) is 11.3 Å². The van der Waals surface area contributed by atoms with Crippen LogP contribution in [0.3, 0.4) is 0 Å². The predicted octanol–water partition coefficient (Wildman–Crippen LogP) is 1.58. The topological polar surface area (TPSA) is 78.0 Å². The quantitative estimate of drug-likeness (QED) is 0.758. The largest absolute Gasteiger partial charge is 0.341 e. The Morgan fingerprint density at radius 1 is 1.32 bits per heavy atom. The smallest absolute Gasteiger partial charge is 0.320 e. The number of hydrogen-bond donors (Lipinski definition) is 0. The molecule has 4 amide bonds. The first-order valence-corrected chi connectivity index (χ1v) is 9.67. The van der Waals surface area contributed by atoms with Crippen LogP contribution in [-0.2, 0) is 23.0 Å². The highest BCUT2D eigenvalue weighted by Gasteiger charge is 2.40. The van der Waals surface area contributed by atoms with Gasteiger partial charge in [0.15, 0.2) is 0 Å². The van der Waals surface area contributed by atoms with Crippen molar-refractivity contribution in [2.45, 2.75) is 13.0 Å². The van der Waals surface area contributed by atoms with E-state index in [-0.39, 0.29) is 13.1 Å². The molecule has 1 aromatic rings. The second-order valence-electron chi connectivity index (χ2n) is 5.22. The zero-order valence-corrected chi connectivity index (χ0v) is 14.2. The summed E-state index contributed by atoms with van der Waals surface area (Å²) in [5.41, 5.74) is 0.987. The molecule has 3 heterocycles. The number of hydrogen-bond acceptors (Lipinski definition) is 5. The first-order chi connectivity index (χ1) is 10.3. The number of carbonyl (C=O) groups is 2. The molecule has 0 atom stereocenters. The summed E-state index contributed by atoms with van der Waals surface area (Å²) in [4.78, 5) is 28.3. The molecule has 1 aromatic heterocycles. The van der Waals surface area contributed by atoms with Crippen molar-refractivity contribution >= 4 is 45.0 Å². The van der Waals surface area contributed by atoms with E-state index >= 15 is 0 Å². The van der Waals surface area contributed by atoms with Gasteiger partial charge in [0.25, 0.3) is 0 Å². The number of sulfonamides is 1. The number of urea groups is 2. The van der Waals surface area contributed by atoms with Crippen LogP contribution < -0.4 is 0 Å². The lowest BCUT2D eigenvalue weighted by Crippen LogP contribution is -2.47. The number of thiophene rings is 1. The first-order valence-electron chi connectivity index (χ1n) is 6.62. The Bertz CT molecular complexity index is 746. The molecule has 0 N–H and O–H groups in total. The fourth-order valence-electron chi connectivity index (χ4n) is 2.63. The average Bonchev–Trinajstić information content (AvgIpc) is 2.98. The molecule has 0 radical (unpaired) electrons. The van der Waals surface area contributed by atoms with Gasteiger partial charge < -0.3 is 4.90 Å². The summed E-state index contributed by atoms with van der Waals surface area (Å²) in [6.45, 7) is 0.969. The van der Waals surface area contributed by atoms with Crippen LogP contribution in [0.2, 0.25) is 4.34 Å². The third-order valence-electron chi connectivity index (χ3n) is 3.71. The summed E-state index contributed by atoms with van der Waals surface area (Å²) < 4.78 is 24.4. The highest BCUT2D eigenvalue weighted by atomic mass is 35.5. The third kappa shape index (κ3) is 2.68. The van der Waals surface area contributed by atoms with Crippen LogP contribution in [-0.4, -0.2) is 60.5 Å². The molecule has 7 nitrogen and oxygen atoms in total. The van der Waals surface area contributed by atoms with Gasteiger partial charge >= 0.3 is 12.1 Å². The molecular formula is C12H14ClN3O4S2. The number of carbonyl (C=O) groups excluding carboxylic acids is 2. The minimum Gasteiger partial charge on any atom is -0.320 e. The SMILES string of the molecule is CS(=O)(=O)N1CCN(C(=O)N2CCc3sc(Cl)cc3C2)C1=O. The Balaban J connectivity index is 1.75. The molecule has 0 aromatic carbocycles. The molecule has 1 saturated heterocycles. The van der Waals surface area contributed by atoms with Gasteiger partial charge in [0.05, 0.1) is 23.7 Å². The maximum atomic E-state index is 12.5. The minimum absolute atomic E-state index is 0.00672. The summed E-state index contributed by atoms with van der Waals surface area (Å²) in [5.74, 6) is 0. The first kappa shape index (κ1) is 15.6. The highest BCUT2D eigenvalue weighted by molar-refractivity contribution is 7.88. The number of nitrogens with zero attached hydrogens (tertiary/aromatic N) is 3. The zero-order valence-electron chi connectivity index (χ0n) is 11.8. The zero-order chi connectivity index (χ0) is 16.1. The molecule has 0 aliphatic carbocycles. The van der Waals surface area contributed by atoms with Gasteiger partial charge in [-0.05, 0) is 18.1 Å². The second-order valence-corrected chi connectivity index (χ2v) is 8.90. The Kier molecular flexibility index (Phi) is 3.82. The van der Waals surface area contributed by atoms with Crippen LogP contribution in [0.5, 0.6) is 0 Å². The van der Waals surface area contributed by atoms with Gasteiger partial charge in [-0.2, -0.15) is 0 Å². The normalized spacial score (nSPS) is 18.8. The van der Waals surface area contributed by atoms with Crippen molar-refractivity contribution in [3.63, 3.8) is 0 Å². The summed E-state index contributed by atoms with van der Waals surface area (Å²) in [6.07, 6.45) is 1.65. The summed E-state index contributed by atoms with van der Waals surface area (Å²) in [6, 6.07) is 0.598. The van der Waals surface area contributed by atoms with E-state index < -0.39 is 22.1 Å². The van der Waals surface area contributed by atoms with Crippen LogP contribution in [0.25, 0.3) is 0 Å². The van der Waals surface area contributed by atoms with Crippen molar-refractivity contribution in [3.8, 4) is 0 Å². The predicted molar refractivity (Wildman–Crippen MR) is 82.5 cm³/mol. The van der Waals surface area contributed by atoms with Crippen molar-refractivity contribution in [3.05, 3.63) is 20.8 Å². The molecule has 22 heavy (non-hydrogen) atoms. The number of amides is 4. The van der Waals surface area contributed by atoms with E-state index in [1.807, 2.05) is 6.07 Å². The Labute approximate surface area is 137 Å². The molecule has 0 bridgehead atoms. The van der Waals surface area contributed by atoms with Crippen molar-refractivity contribution in [1.29, 1.82) is 0 Å². The van der Waals surface area contributed by atoms with E-state index in [1.54, 1.807) is 4.90 Å². The van der Waals surface area contributed by atoms with E-state index in [0.717, 1.165) is 25.9 Å². The lowest BCUT2D eigenvalue weighted by molar-refractivity contribution is 0.157. The molecule has 2 aliphatic rings. The van der Waals surface area contributed by atoms with E-state index in [2.05, 4.69) is 0 Å². The van der Waals surface area contributed by atoms with Gasteiger partial charge in [-0.3, -0.25) is 0 Å². The van der Waals surface area contributed by atoms with Gasteiger partial charge in [0, 0.05) is 18.0 Å². The van der Waals surface area contributed by atoms with Crippen LogP contribution >= 0.6 is 22.9 Å². The van der Waals surface area contributed by atoms with Gasteiger partial charge in [0.1, 0.15) is 0 Å². The second kappa shape index (κ2) is 5.39. The van der Waals surface area contributed by atoms with Crippen LogP contribution in [0, 0.1) is 0 Å². The molecule has 2 aliphatic heterocycles. The molecule has 1 fully saturated rings. The maximum absolute atomic E-state index is 12.5. The molecule has 120 valence electrons. The van der Waals surface area contributed by atoms with Crippen molar-refractivity contribution in [2.75, 3.05) is 25.9 Å².